The maximum Gasteiger partial charge on any atom is 0.134 e. The van der Waals surface area contributed by atoms with Crippen molar-refractivity contribution in [2.45, 2.75) is 5.88 Å². The third-order valence-corrected chi connectivity index (χ3v) is 3.22. The van der Waals surface area contributed by atoms with Crippen LogP contribution in [0.3, 0.4) is 0 Å². The Bertz CT molecular complexity index is 485. The molecule has 1 nitrogen and oxygen atoms in total. The molecule has 2 aromatic rings. The lowest BCUT2D eigenvalue weighted by atomic mass is 10.2. The van der Waals surface area contributed by atoms with Gasteiger partial charge in [0.25, 0.3) is 0 Å². The summed E-state index contributed by atoms with van der Waals surface area (Å²) >= 11 is 15.1. The van der Waals surface area contributed by atoms with E-state index < -0.39 is 0 Å². The number of hydrogen-bond donors (Lipinski definition) is 0. The first-order chi connectivity index (χ1) is 6.72. The molecule has 1 aromatic carbocycles. The van der Waals surface area contributed by atoms with E-state index in [1.54, 1.807) is 0 Å². The van der Waals surface area contributed by atoms with E-state index in [0.717, 1.165) is 20.9 Å². The van der Waals surface area contributed by atoms with Gasteiger partial charge in [-0.15, -0.1) is 11.6 Å². The lowest BCUT2D eigenvalue weighted by Gasteiger charge is -2.03. The van der Waals surface area contributed by atoms with Crippen LogP contribution in [0.4, 0.5) is 0 Å². The van der Waals surface area contributed by atoms with Crippen LogP contribution in [0.2, 0.25) is 5.15 Å². The molecule has 0 amide bonds. The molecule has 0 N–H and O–H groups in total. The van der Waals surface area contributed by atoms with E-state index in [0.29, 0.717) is 11.0 Å². The van der Waals surface area contributed by atoms with Crippen molar-refractivity contribution in [3.05, 3.63) is 39.5 Å². The fourth-order valence-electron chi connectivity index (χ4n) is 1.28. The molecular weight excluding hydrogens is 285 g/mol. The van der Waals surface area contributed by atoms with E-state index in [2.05, 4.69) is 20.9 Å². The molecule has 0 radical (unpaired) electrons. The Balaban J connectivity index is 2.79. The largest absolute Gasteiger partial charge is 0.235 e. The van der Waals surface area contributed by atoms with Crippen molar-refractivity contribution in [2.24, 2.45) is 0 Å². The predicted molar refractivity (Wildman–Crippen MR) is 64.0 cm³/mol. The molecule has 1 aromatic heterocycles. The smallest absolute Gasteiger partial charge is 0.134 e. The van der Waals surface area contributed by atoms with Crippen LogP contribution in [0.5, 0.6) is 0 Å². The number of aromatic nitrogens is 1. The van der Waals surface area contributed by atoms with Gasteiger partial charge in [0.1, 0.15) is 5.15 Å². The molecule has 0 saturated carbocycles. The second-order valence-corrected chi connectivity index (χ2v) is 4.36. The summed E-state index contributed by atoms with van der Waals surface area (Å²) in [4.78, 5) is 4.28. The van der Waals surface area contributed by atoms with E-state index in [-0.39, 0.29) is 0 Å². The van der Waals surface area contributed by atoms with Gasteiger partial charge in [0, 0.05) is 15.4 Å². The quantitative estimate of drug-likeness (QED) is 0.561. The van der Waals surface area contributed by atoms with Gasteiger partial charge in [0.15, 0.2) is 0 Å². The fourth-order valence-corrected chi connectivity index (χ4v) is 2.23. The molecule has 0 aliphatic carbocycles. The molecule has 1 heterocycles. The second kappa shape index (κ2) is 4.05. The zero-order chi connectivity index (χ0) is 10.1. The molecule has 0 atom stereocenters. The molecule has 0 spiro atoms. The number of pyridine rings is 1. The molecule has 4 heteroatoms. The van der Waals surface area contributed by atoms with Crippen molar-refractivity contribution in [3.63, 3.8) is 0 Å². The summed E-state index contributed by atoms with van der Waals surface area (Å²) in [6, 6.07) is 7.84. The summed E-state index contributed by atoms with van der Waals surface area (Å²) in [5.74, 6) is 0.383. The van der Waals surface area contributed by atoms with Crippen molar-refractivity contribution < 1.29 is 0 Å². The summed E-state index contributed by atoms with van der Waals surface area (Å²) in [6.07, 6.45) is 0. The molecule has 72 valence electrons. The van der Waals surface area contributed by atoms with E-state index in [4.69, 9.17) is 23.2 Å². The van der Waals surface area contributed by atoms with E-state index in [1.807, 2.05) is 24.3 Å². The lowest BCUT2D eigenvalue weighted by molar-refractivity contribution is 1.30. The summed E-state index contributed by atoms with van der Waals surface area (Å²) < 4.78 is 0.943. The van der Waals surface area contributed by atoms with Gasteiger partial charge in [0.05, 0.1) is 11.4 Å². The minimum Gasteiger partial charge on any atom is -0.235 e. The van der Waals surface area contributed by atoms with Gasteiger partial charge in [-0.25, -0.2) is 4.98 Å². The highest BCUT2D eigenvalue weighted by atomic mass is 79.9. The van der Waals surface area contributed by atoms with Gasteiger partial charge in [0.2, 0.25) is 0 Å². The minimum atomic E-state index is 0.383. The Morgan fingerprint density at radius 1 is 1.36 bits per heavy atom. The van der Waals surface area contributed by atoms with Crippen molar-refractivity contribution in [1.82, 2.24) is 4.98 Å². The van der Waals surface area contributed by atoms with Crippen LogP contribution in [0.15, 0.2) is 28.7 Å². The normalized spacial score (nSPS) is 10.8. The van der Waals surface area contributed by atoms with Gasteiger partial charge in [-0.3, -0.25) is 0 Å². The Hall–Kier alpha value is -0.310. The molecule has 0 unspecified atom stereocenters. The van der Waals surface area contributed by atoms with Crippen LogP contribution in [0.1, 0.15) is 5.56 Å². The van der Waals surface area contributed by atoms with Crippen LogP contribution >= 0.6 is 39.1 Å². The molecule has 0 bridgehead atoms. The third-order valence-electron chi connectivity index (χ3n) is 1.97. The highest BCUT2D eigenvalue weighted by Crippen LogP contribution is 2.26. The van der Waals surface area contributed by atoms with Gasteiger partial charge < -0.3 is 0 Å². The molecule has 14 heavy (non-hydrogen) atoms. The number of fused-ring (bicyclic) bond motifs is 1. The Morgan fingerprint density at radius 2 is 2.14 bits per heavy atom. The summed E-state index contributed by atoms with van der Waals surface area (Å²) in [7, 11) is 0. The first kappa shape index (κ1) is 10.2. The second-order valence-electron chi connectivity index (χ2n) is 2.88. The SMILES string of the molecule is ClCc1cc2cccc(Br)c2nc1Cl. The minimum absolute atomic E-state index is 0.383. The maximum atomic E-state index is 5.96. The zero-order valence-corrected chi connectivity index (χ0v) is 10.2. The fraction of sp³-hybridized carbons (Fsp3) is 0.100. The molecule has 0 aliphatic rings. The van der Waals surface area contributed by atoms with Crippen LogP contribution in [-0.4, -0.2) is 4.98 Å². The van der Waals surface area contributed by atoms with Crippen LogP contribution in [-0.2, 0) is 5.88 Å². The Labute approximate surface area is 100 Å². The van der Waals surface area contributed by atoms with Crippen molar-refractivity contribution >= 4 is 50.0 Å². The number of halogens is 3. The average Bonchev–Trinajstić information content (AvgIpc) is 2.19. The number of hydrogen-bond acceptors (Lipinski definition) is 1. The first-order valence-electron chi connectivity index (χ1n) is 4.02. The highest BCUT2D eigenvalue weighted by Gasteiger charge is 2.05. The summed E-state index contributed by atoms with van der Waals surface area (Å²) in [5, 5.41) is 1.51. The van der Waals surface area contributed by atoms with Gasteiger partial charge >= 0.3 is 0 Å². The topological polar surface area (TPSA) is 12.9 Å². The molecule has 0 fully saturated rings. The van der Waals surface area contributed by atoms with Crippen LogP contribution in [0.25, 0.3) is 10.9 Å². The van der Waals surface area contributed by atoms with E-state index in [9.17, 15) is 0 Å². The van der Waals surface area contributed by atoms with Crippen molar-refractivity contribution in [1.29, 1.82) is 0 Å². The van der Waals surface area contributed by atoms with Gasteiger partial charge in [-0.05, 0) is 28.1 Å². The highest BCUT2D eigenvalue weighted by molar-refractivity contribution is 9.10. The van der Waals surface area contributed by atoms with Crippen LogP contribution < -0.4 is 0 Å². The van der Waals surface area contributed by atoms with Crippen LogP contribution in [0, 0.1) is 0 Å². The first-order valence-corrected chi connectivity index (χ1v) is 5.72. The third kappa shape index (κ3) is 1.74. The van der Waals surface area contributed by atoms with Crippen molar-refractivity contribution in [2.75, 3.05) is 0 Å². The molecular formula is C10H6BrCl2N. The maximum absolute atomic E-state index is 5.96. The number of nitrogens with zero attached hydrogens (tertiary/aromatic N) is 1. The van der Waals surface area contributed by atoms with Gasteiger partial charge in [-0.1, -0.05) is 23.7 Å². The van der Waals surface area contributed by atoms with Gasteiger partial charge in [-0.2, -0.15) is 0 Å². The number of benzene rings is 1. The number of rotatable bonds is 1. The predicted octanol–water partition coefficient (Wildman–Crippen LogP) is 4.39. The number of para-hydroxylation sites is 1. The monoisotopic (exact) mass is 289 g/mol. The Kier molecular flexibility index (Phi) is 2.96. The molecule has 0 saturated heterocycles. The standard InChI is InChI=1S/C10H6BrCl2N/c11-8-3-1-2-6-4-7(5-12)10(13)14-9(6)8/h1-4H,5H2. The van der Waals surface area contributed by atoms with E-state index in [1.165, 1.54) is 0 Å². The molecule has 0 aliphatic heterocycles. The molecule has 2 rings (SSSR count). The van der Waals surface area contributed by atoms with E-state index >= 15 is 0 Å². The van der Waals surface area contributed by atoms with Crippen molar-refractivity contribution in [3.8, 4) is 0 Å². The summed E-state index contributed by atoms with van der Waals surface area (Å²) in [5.41, 5.74) is 1.73. The summed E-state index contributed by atoms with van der Waals surface area (Å²) in [6.45, 7) is 0. The number of alkyl halides is 1. The zero-order valence-electron chi connectivity index (χ0n) is 7.10. The lowest BCUT2D eigenvalue weighted by Crippen LogP contribution is -1.87. The Morgan fingerprint density at radius 3 is 2.86 bits per heavy atom. The average molecular weight is 291 g/mol.